The molecule has 16 heavy (non-hydrogen) atoms. The molecule has 5 nitrogen and oxygen atoms in total. The lowest BCUT2D eigenvalue weighted by Gasteiger charge is -2.11. The molecule has 0 aliphatic carbocycles. The van der Waals surface area contributed by atoms with E-state index in [1.54, 1.807) is 10.9 Å². The van der Waals surface area contributed by atoms with Crippen LogP contribution in [-0.2, 0) is 13.5 Å². The monoisotopic (exact) mass is 281 g/mol. The minimum Gasteiger partial charge on any atom is -0.322 e. The smallest absolute Gasteiger partial charge is 0.153 e. The molecule has 0 spiro atoms. The topological polar surface area (TPSA) is 69.6 Å². The number of nitrogens with zero attached hydrogens (tertiary/aromatic N) is 4. The second-order valence-corrected chi connectivity index (χ2v) is 4.27. The third kappa shape index (κ3) is 2.28. The molecule has 0 saturated carbocycles. The Morgan fingerprint density at radius 3 is 2.88 bits per heavy atom. The summed E-state index contributed by atoms with van der Waals surface area (Å²) < 4.78 is 2.37. The van der Waals surface area contributed by atoms with Gasteiger partial charge in [0.25, 0.3) is 0 Å². The van der Waals surface area contributed by atoms with E-state index in [0.29, 0.717) is 11.0 Å². The van der Waals surface area contributed by atoms with Crippen LogP contribution in [0.5, 0.6) is 0 Å². The quantitative estimate of drug-likeness (QED) is 0.918. The Labute approximate surface area is 102 Å². The summed E-state index contributed by atoms with van der Waals surface area (Å²) in [5, 5.41) is 7.81. The van der Waals surface area contributed by atoms with Crippen molar-refractivity contribution >= 4 is 15.9 Å². The summed E-state index contributed by atoms with van der Waals surface area (Å²) in [7, 11) is 1.82. The summed E-state index contributed by atoms with van der Waals surface area (Å²) in [4.78, 5) is 4.24. The highest BCUT2D eigenvalue weighted by molar-refractivity contribution is 9.10. The number of hydrogen-bond donors (Lipinski definition) is 1. The number of hydrogen-bond acceptors (Lipinski definition) is 4. The van der Waals surface area contributed by atoms with Crippen molar-refractivity contribution in [3.63, 3.8) is 0 Å². The molecule has 2 aromatic heterocycles. The highest BCUT2D eigenvalue weighted by Gasteiger charge is 2.16. The van der Waals surface area contributed by atoms with Crippen LogP contribution >= 0.6 is 15.9 Å². The van der Waals surface area contributed by atoms with Gasteiger partial charge in [0.05, 0.1) is 11.7 Å². The molecule has 0 aliphatic heterocycles. The Bertz CT molecular complexity index is 448. The first-order valence-corrected chi connectivity index (χ1v) is 5.68. The first-order chi connectivity index (χ1) is 7.68. The first kappa shape index (κ1) is 11.2. The van der Waals surface area contributed by atoms with Gasteiger partial charge >= 0.3 is 0 Å². The fourth-order valence-electron chi connectivity index (χ4n) is 1.57. The second kappa shape index (κ2) is 4.71. The molecule has 6 heteroatoms. The molecule has 0 aliphatic rings. The van der Waals surface area contributed by atoms with Crippen LogP contribution in [0, 0.1) is 0 Å². The van der Waals surface area contributed by atoms with Gasteiger partial charge in [-0.3, -0.25) is 4.98 Å². The third-order valence-corrected chi connectivity index (χ3v) is 2.90. The molecule has 0 fully saturated rings. The van der Waals surface area contributed by atoms with Gasteiger partial charge in [-0.15, -0.1) is 5.10 Å². The molecule has 0 radical (unpaired) electrons. The van der Waals surface area contributed by atoms with Crippen molar-refractivity contribution in [2.24, 2.45) is 12.8 Å². The molecule has 0 bridgehead atoms. The van der Waals surface area contributed by atoms with Crippen molar-refractivity contribution in [3.05, 3.63) is 40.4 Å². The zero-order valence-electron chi connectivity index (χ0n) is 8.84. The summed E-state index contributed by atoms with van der Waals surface area (Å²) in [6, 6.07) is 5.63. The minimum absolute atomic E-state index is 0.163. The summed E-state index contributed by atoms with van der Waals surface area (Å²) in [5.74, 6) is 0. The Kier molecular flexibility index (Phi) is 3.31. The van der Waals surface area contributed by atoms with Crippen LogP contribution in [0.4, 0.5) is 0 Å². The van der Waals surface area contributed by atoms with Gasteiger partial charge in [-0.2, -0.15) is 0 Å². The van der Waals surface area contributed by atoms with Crippen LogP contribution in [0.1, 0.15) is 17.4 Å². The largest absolute Gasteiger partial charge is 0.322 e. The van der Waals surface area contributed by atoms with Crippen LogP contribution < -0.4 is 5.73 Å². The van der Waals surface area contributed by atoms with E-state index in [4.69, 9.17) is 5.73 Å². The SMILES string of the molecule is Cn1nnc(Br)c1C(N)Cc1ccccn1. The molecule has 2 heterocycles. The Hall–Kier alpha value is -1.27. The van der Waals surface area contributed by atoms with Gasteiger partial charge in [0.15, 0.2) is 4.60 Å². The van der Waals surface area contributed by atoms with E-state index in [-0.39, 0.29) is 6.04 Å². The van der Waals surface area contributed by atoms with Gasteiger partial charge in [-0.05, 0) is 28.1 Å². The average molecular weight is 282 g/mol. The van der Waals surface area contributed by atoms with E-state index in [1.165, 1.54) is 0 Å². The number of aryl methyl sites for hydroxylation is 1. The molecule has 84 valence electrons. The Morgan fingerprint density at radius 2 is 2.31 bits per heavy atom. The number of nitrogens with two attached hydrogens (primary N) is 1. The lowest BCUT2D eigenvalue weighted by Crippen LogP contribution is -2.18. The molecular weight excluding hydrogens is 270 g/mol. The molecule has 0 saturated heterocycles. The van der Waals surface area contributed by atoms with E-state index >= 15 is 0 Å². The van der Waals surface area contributed by atoms with Gasteiger partial charge in [0.2, 0.25) is 0 Å². The maximum Gasteiger partial charge on any atom is 0.153 e. The number of halogens is 1. The van der Waals surface area contributed by atoms with Crippen molar-refractivity contribution in [1.82, 2.24) is 20.0 Å². The van der Waals surface area contributed by atoms with Gasteiger partial charge in [0.1, 0.15) is 0 Å². The summed E-state index contributed by atoms with van der Waals surface area (Å²) in [5.41, 5.74) is 7.94. The van der Waals surface area contributed by atoms with E-state index in [9.17, 15) is 0 Å². The van der Waals surface area contributed by atoms with Gasteiger partial charge in [0, 0.05) is 25.4 Å². The molecule has 2 N–H and O–H groups in total. The van der Waals surface area contributed by atoms with Gasteiger partial charge < -0.3 is 5.73 Å². The molecule has 2 aromatic rings. The Balaban J connectivity index is 2.18. The first-order valence-electron chi connectivity index (χ1n) is 4.89. The third-order valence-electron chi connectivity index (χ3n) is 2.33. The fourth-order valence-corrected chi connectivity index (χ4v) is 2.19. The number of aromatic nitrogens is 4. The van der Waals surface area contributed by atoms with E-state index in [2.05, 4.69) is 31.2 Å². The van der Waals surface area contributed by atoms with Crippen molar-refractivity contribution in [3.8, 4) is 0 Å². The molecule has 1 unspecified atom stereocenters. The van der Waals surface area contributed by atoms with Crippen molar-refractivity contribution in [2.45, 2.75) is 12.5 Å². The van der Waals surface area contributed by atoms with E-state index < -0.39 is 0 Å². The highest BCUT2D eigenvalue weighted by Crippen LogP contribution is 2.20. The average Bonchev–Trinajstić information content (AvgIpc) is 2.60. The second-order valence-electron chi connectivity index (χ2n) is 3.52. The van der Waals surface area contributed by atoms with Crippen LogP contribution in [-0.4, -0.2) is 20.0 Å². The summed E-state index contributed by atoms with van der Waals surface area (Å²) in [6.45, 7) is 0. The number of rotatable bonds is 3. The number of pyridine rings is 1. The van der Waals surface area contributed by atoms with Crippen LogP contribution in [0.3, 0.4) is 0 Å². The predicted molar refractivity (Wildman–Crippen MR) is 63.6 cm³/mol. The van der Waals surface area contributed by atoms with E-state index in [1.807, 2.05) is 25.2 Å². The van der Waals surface area contributed by atoms with Crippen LogP contribution in [0.25, 0.3) is 0 Å². The lowest BCUT2D eigenvalue weighted by molar-refractivity contribution is 0.601. The maximum absolute atomic E-state index is 6.10. The normalized spacial score (nSPS) is 12.7. The van der Waals surface area contributed by atoms with Crippen molar-refractivity contribution in [2.75, 3.05) is 0 Å². The van der Waals surface area contributed by atoms with Crippen LogP contribution in [0.15, 0.2) is 29.0 Å². The molecule has 0 aromatic carbocycles. The fraction of sp³-hybridized carbons (Fsp3) is 0.300. The zero-order chi connectivity index (χ0) is 11.5. The Morgan fingerprint density at radius 1 is 1.50 bits per heavy atom. The summed E-state index contributed by atoms with van der Waals surface area (Å²) >= 11 is 3.34. The van der Waals surface area contributed by atoms with Crippen molar-refractivity contribution < 1.29 is 0 Å². The standard InChI is InChI=1S/C10H12BrN5/c1-16-9(10(11)14-15-16)8(12)6-7-4-2-3-5-13-7/h2-5,8H,6,12H2,1H3. The molecule has 0 amide bonds. The zero-order valence-corrected chi connectivity index (χ0v) is 10.4. The molecule has 2 rings (SSSR count). The highest BCUT2D eigenvalue weighted by atomic mass is 79.9. The van der Waals surface area contributed by atoms with Gasteiger partial charge in [-0.25, -0.2) is 4.68 Å². The molecule has 1 atom stereocenters. The summed E-state index contributed by atoms with van der Waals surface area (Å²) in [6.07, 6.45) is 2.43. The van der Waals surface area contributed by atoms with Crippen molar-refractivity contribution in [1.29, 1.82) is 0 Å². The predicted octanol–water partition coefficient (Wildman–Crippen LogP) is 1.22. The molecular formula is C10H12BrN5. The van der Waals surface area contributed by atoms with E-state index in [0.717, 1.165) is 11.4 Å². The minimum atomic E-state index is -0.163. The van der Waals surface area contributed by atoms with Crippen LogP contribution in [0.2, 0.25) is 0 Å². The lowest BCUT2D eigenvalue weighted by atomic mass is 10.1. The maximum atomic E-state index is 6.10. The van der Waals surface area contributed by atoms with Gasteiger partial charge in [-0.1, -0.05) is 11.3 Å².